The number of piperazine rings is 1. The van der Waals surface area contributed by atoms with Gasteiger partial charge < -0.3 is 9.80 Å². The highest BCUT2D eigenvalue weighted by Crippen LogP contribution is 2.26. The molecule has 1 atom stereocenters. The predicted octanol–water partition coefficient (Wildman–Crippen LogP) is 4.26. The Bertz CT molecular complexity index is 898. The quantitative estimate of drug-likeness (QED) is 0.655. The van der Waals surface area contributed by atoms with Crippen molar-refractivity contribution in [1.82, 2.24) is 14.7 Å². The summed E-state index contributed by atoms with van der Waals surface area (Å²) < 4.78 is 0. The van der Waals surface area contributed by atoms with Gasteiger partial charge in [-0.25, -0.2) is 0 Å². The zero-order valence-electron chi connectivity index (χ0n) is 19.4. The zero-order chi connectivity index (χ0) is 22.5. The average molecular weight is 434 g/mol. The molecule has 2 aromatic rings. The van der Waals surface area contributed by atoms with Crippen LogP contribution in [-0.2, 0) is 0 Å². The molecule has 2 fully saturated rings. The first-order valence-electron chi connectivity index (χ1n) is 12.1. The lowest BCUT2D eigenvalue weighted by atomic mass is 9.91. The summed E-state index contributed by atoms with van der Waals surface area (Å²) in [5, 5.41) is 0. The van der Waals surface area contributed by atoms with Crippen LogP contribution in [0.15, 0.2) is 54.6 Å². The molecule has 0 radical (unpaired) electrons. The molecule has 2 aromatic carbocycles. The summed E-state index contributed by atoms with van der Waals surface area (Å²) in [6.45, 7) is 9.25. The molecule has 5 nitrogen and oxygen atoms in total. The smallest absolute Gasteiger partial charge is 0.253 e. The van der Waals surface area contributed by atoms with Crippen molar-refractivity contribution in [1.29, 1.82) is 0 Å². The normalized spacial score (nSPS) is 18.3. The lowest BCUT2D eigenvalue weighted by molar-refractivity contribution is 0.00853. The van der Waals surface area contributed by atoms with E-state index >= 15 is 0 Å². The van der Waals surface area contributed by atoms with Gasteiger partial charge >= 0.3 is 0 Å². The van der Waals surface area contributed by atoms with E-state index in [1.165, 1.54) is 18.4 Å². The van der Waals surface area contributed by atoms with Crippen molar-refractivity contribution >= 4 is 11.8 Å². The molecule has 2 heterocycles. The monoisotopic (exact) mass is 433 g/mol. The first-order chi connectivity index (χ1) is 15.6. The number of rotatable bonds is 7. The lowest BCUT2D eigenvalue weighted by Gasteiger charge is -2.48. The van der Waals surface area contributed by atoms with Crippen LogP contribution in [0.1, 0.15) is 65.3 Å². The first kappa shape index (κ1) is 22.5. The molecule has 1 unspecified atom stereocenters. The number of carbonyl (C=O) groups is 2. The van der Waals surface area contributed by atoms with E-state index in [9.17, 15) is 9.59 Å². The minimum atomic E-state index is 0.114. The molecule has 2 saturated heterocycles. The van der Waals surface area contributed by atoms with Gasteiger partial charge in [0.2, 0.25) is 0 Å². The van der Waals surface area contributed by atoms with E-state index in [4.69, 9.17) is 0 Å². The summed E-state index contributed by atoms with van der Waals surface area (Å²) in [4.78, 5) is 31.8. The van der Waals surface area contributed by atoms with E-state index in [-0.39, 0.29) is 11.8 Å². The SMILES string of the molecule is CCCC(CC)c1ccc(C(=O)N2CC(N3CCN(C(=O)c4ccccc4)CC3)C2)cc1. The van der Waals surface area contributed by atoms with E-state index in [0.29, 0.717) is 12.0 Å². The third-order valence-corrected chi connectivity index (χ3v) is 7.05. The fourth-order valence-corrected chi connectivity index (χ4v) is 4.94. The van der Waals surface area contributed by atoms with Gasteiger partial charge in [-0.3, -0.25) is 14.5 Å². The Morgan fingerprint density at radius 1 is 0.812 bits per heavy atom. The molecule has 0 saturated carbocycles. The third kappa shape index (κ3) is 4.88. The molecule has 0 aromatic heterocycles. The van der Waals surface area contributed by atoms with Gasteiger partial charge in [-0.2, -0.15) is 0 Å². The molecular formula is C27H35N3O2. The Kier molecular flexibility index (Phi) is 7.26. The van der Waals surface area contributed by atoms with E-state index in [2.05, 4.69) is 30.9 Å². The Balaban J connectivity index is 1.25. The molecule has 0 aliphatic carbocycles. The second kappa shape index (κ2) is 10.3. The highest BCUT2D eigenvalue weighted by Gasteiger charge is 2.37. The first-order valence-corrected chi connectivity index (χ1v) is 12.1. The Hall–Kier alpha value is -2.66. The van der Waals surface area contributed by atoms with Crippen LogP contribution in [0.4, 0.5) is 0 Å². The van der Waals surface area contributed by atoms with E-state index in [1.54, 1.807) is 0 Å². The molecule has 0 bridgehead atoms. The van der Waals surface area contributed by atoms with E-state index < -0.39 is 0 Å². The van der Waals surface area contributed by atoms with Crippen LogP contribution in [0.5, 0.6) is 0 Å². The summed E-state index contributed by atoms with van der Waals surface area (Å²) in [5.74, 6) is 0.836. The Labute approximate surface area is 192 Å². The number of likely N-dealkylation sites (tertiary alicyclic amines) is 1. The van der Waals surface area contributed by atoms with Crippen molar-refractivity contribution in [3.8, 4) is 0 Å². The van der Waals surface area contributed by atoms with Crippen LogP contribution >= 0.6 is 0 Å². The highest BCUT2D eigenvalue weighted by molar-refractivity contribution is 5.95. The molecule has 170 valence electrons. The Morgan fingerprint density at radius 3 is 2.00 bits per heavy atom. The van der Waals surface area contributed by atoms with Crippen LogP contribution in [0, 0.1) is 0 Å². The average Bonchev–Trinajstić information content (AvgIpc) is 2.82. The largest absolute Gasteiger partial charge is 0.336 e. The summed E-state index contributed by atoms with van der Waals surface area (Å²) in [6.07, 6.45) is 3.52. The highest BCUT2D eigenvalue weighted by atomic mass is 16.2. The fourth-order valence-electron chi connectivity index (χ4n) is 4.94. The van der Waals surface area contributed by atoms with Crippen LogP contribution < -0.4 is 0 Å². The van der Waals surface area contributed by atoms with E-state index in [1.807, 2.05) is 52.3 Å². The van der Waals surface area contributed by atoms with Gasteiger partial charge in [0.15, 0.2) is 0 Å². The maximum Gasteiger partial charge on any atom is 0.253 e. The lowest BCUT2D eigenvalue weighted by Crippen LogP contribution is -2.64. The summed E-state index contributed by atoms with van der Waals surface area (Å²) >= 11 is 0. The van der Waals surface area contributed by atoms with E-state index in [0.717, 1.165) is 56.8 Å². The molecule has 5 heteroatoms. The van der Waals surface area contributed by atoms with Gasteiger partial charge in [-0.05, 0) is 48.6 Å². The second-order valence-corrected chi connectivity index (χ2v) is 9.07. The maximum atomic E-state index is 12.9. The van der Waals surface area contributed by atoms with Gasteiger partial charge in [0.1, 0.15) is 0 Å². The topological polar surface area (TPSA) is 43.9 Å². The van der Waals surface area contributed by atoms with Gasteiger partial charge in [-0.15, -0.1) is 0 Å². The van der Waals surface area contributed by atoms with Crippen molar-refractivity contribution in [2.75, 3.05) is 39.3 Å². The third-order valence-electron chi connectivity index (χ3n) is 7.05. The summed E-state index contributed by atoms with van der Waals surface area (Å²) in [7, 11) is 0. The molecule has 2 aliphatic rings. The molecular weight excluding hydrogens is 398 g/mol. The predicted molar refractivity (Wildman–Crippen MR) is 128 cm³/mol. The minimum Gasteiger partial charge on any atom is -0.336 e. The molecule has 4 rings (SSSR count). The van der Waals surface area contributed by atoms with Gasteiger partial charge in [0.05, 0.1) is 0 Å². The molecule has 2 amide bonds. The summed E-state index contributed by atoms with van der Waals surface area (Å²) in [5.41, 5.74) is 2.89. The maximum absolute atomic E-state index is 12.9. The number of nitrogens with zero attached hydrogens (tertiary/aromatic N) is 3. The zero-order valence-corrected chi connectivity index (χ0v) is 19.4. The van der Waals surface area contributed by atoms with Crippen molar-refractivity contribution in [2.45, 2.75) is 45.1 Å². The van der Waals surface area contributed by atoms with Gasteiger partial charge in [0.25, 0.3) is 11.8 Å². The molecule has 32 heavy (non-hydrogen) atoms. The number of amides is 2. The number of hydrogen-bond donors (Lipinski definition) is 0. The van der Waals surface area contributed by atoms with Crippen LogP contribution in [-0.4, -0.2) is 71.8 Å². The van der Waals surface area contributed by atoms with Gasteiger partial charge in [-0.1, -0.05) is 50.6 Å². The van der Waals surface area contributed by atoms with Crippen molar-refractivity contribution in [3.63, 3.8) is 0 Å². The Morgan fingerprint density at radius 2 is 1.41 bits per heavy atom. The van der Waals surface area contributed by atoms with Crippen LogP contribution in [0.25, 0.3) is 0 Å². The van der Waals surface area contributed by atoms with Crippen molar-refractivity contribution in [2.24, 2.45) is 0 Å². The molecule has 0 N–H and O–H groups in total. The van der Waals surface area contributed by atoms with Crippen LogP contribution in [0.2, 0.25) is 0 Å². The van der Waals surface area contributed by atoms with Crippen molar-refractivity contribution < 1.29 is 9.59 Å². The standard InChI is InChI=1S/C27H35N3O2/c1-3-8-21(4-2)22-11-13-24(14-12-22)27(32)30-19-25(20-30)28-15-17-29(18-16-28)26(31)23-9-6-5-7-10-23/h5-7,9-14,21,25H,3-4,8,15-20H2,1-2H3. The molecule has 2 aliphatic heterocycles. The minimum absolute atomic E-state index is 0.114. The second-order valence-electron chi connectivity index (χ2n) is 9.07. The number of hydrogen-bond acceptors (Lipinski definition) is 3. The van der Waals surface area contributed by atoms with Gasteiger partial charge in [0, 0.05) is 56.4 Å². The number of benzene rings is 2. The van der Waals surface area contributed by atoms with Crippen LogP contribution in [0.3, 0.4) is 0 Å². The summed E-state index contributed by atoms with van der Waals surface area (Å²) in [6, 6.07) is 18.2. The molecule has 0 spiro atoms. The number of carbonyl (C=O) groups excluding carboxylic acids is 2. The fraction of sp³-hybridized carbons (Fsp3) is 0.481. The van der Waals surface area contributed by atoms with Crippen molar-refractivity contribution in [3.05, 3.63) is 71.3 Å².